The average Bonchev–Trinajstić information content (AvgIpc) is 2.82. The Labute approximate surface area is 89.0 Å². The van der Waals surface area contributed by atoms with Crippen molar-refractivity contribution in [2.45, 2.75) is 0 Å². The van der Waals surface area contributed by atoms with Crippen LogP contribution in [0.2, 0.25) is 0 Å². The Hall–Kier alpha value is -1.95. The van der Waals surface area contributed by atoms with E-state index in [0.717, 1.165) is 21.6 Å². The van der Waals surface area contributed by atoms with E-state index in [1.807, 2.05) is 18.2 Å². The zero-order valence-corrected chi connectivity index (χ0v) is 8.45. The van der Waals surface area contributed by atoms with Crippen LogP contribution in [0, 0.1) is 0 Å². The largest absolute Gasteiger partial charge is 0.375 e. The number of aromatic nitrogens is 4. The van der Waals surface area contributed by atoms with Crippen LogP contribution in [0.5, 0.6) is 0 Å². The van der Waals surface area contributed by atoms with Gasteiger partial charge in [-0.25, -0.2) is 9.97 Å². The molecule has 0 aliphatic heterocycles. The second kappa shape index (κ2) is 3.03. The molecule has 1 aromatic carbocycles. The molecule has 15 heavy (non-hydrogen) atoms. The molecule has 0 bridgehead atoms. The fourth-order valence-electron chi connectivity index (χ4n) is 1.43. The highest BCUT2D eigenvalue weighted by molar-refractivity contribution is 7.22. The Bertz CT molecular complexity index is 598. The molecule has 0 saturated heterocycles. The average molecular weight is 217 g/mol. The summed E-state index contributed by atoms with van der Waals surface area (Å²) in [5.41, 5.74) is 7.54. The van der Waals surface area contributed by atoms with Crippen molar-refractivity contribution in [3.8, 4) is 11.4 Å². The van der Waals surface area contributed by atoms with Gasteiger partial charge in [0.15, 0.2) is 11.0 Å². The van der Waals surface area contributed by atoms with Crippen LogP contribution in [-0.2, 0) is 0 Å². The second-order valence-corrected chi connectivity index (χ2v) is 4.13. The number of nitrogens with two attached hydrogens (primary N) is 1. The third-order valence-electron chi connectivity index (χ3n) is 2.09. The number of hydrogen-bond acceptors (Lipinski definition) is 5. The molecular weight excluding hydrogens is 210 g/mol. The quantitative estimate of drug-likeness (QED) is 0.649. The Morgan fingerprint density at radius 3 is 3.07 bits per heavy atom. The Morgan fingerprint density at radius 2 is 2.27 bits per heavy atom. The molecule has 6 heteroatoms. The molecule has 0 fully saturated rings. The van der Waals surface area contributed by atoms with Crippen molar-refractivity contribution >= 4 is 26.7 Å². The molecule has 3 N–H and O–H groups in total. The third kappa shape index (κ3) is 1.35. The monoisotopic (exact) mass is 217 g/mol. The van der Waals surface area contributed by atoms with Gasteiger partial charge in [0.25, 0.3) is 0 Å². The van der Waals surface area contributed by atoms with Crippen molar-refractivity contribution in [2.24, 2.45) is 0 Å². The van der Waals surface area contributed by atoms with Gasteiger partial charge in [-0.05, 0) is 18.2 Å². The van der Waals surface area contributed by atoms with Gasteiger partial charge in [0.05, 0.1) is 10.2 Å². The number of anilines is 1. The zero-order valence-electron chi connectivity index (χ0n) is 7.64. The number of rotatable bonds is 1. The van der Waals surface area contributed by atoms with E-state index in [1.165, 1.54) is 17.7 Å². The Morgan fingerprint density at radius 1 is 1.33 bits per heavy atom. The number of H-pyrrole nitrogens is 1. The standard InChI is InChI=1S/C9H7N5S/c10-9-13-6-2-1-5(3-7(6)15-9)8-11-4-12-14-8/h1-4H,(H2,10,13)(H,11,12,14). The highest BCUT2D eigenvalue weighted by atomic mass is 32.1. The van der Waals surface area contributed by atoms with Crippen LogP contribution < -0.4 is 5.73 Å². The summed E-state index contributed by atoms with van der Waals surface area (Å²) in [4.78, 5) is 8.27. The van der Waals surface area contributed by atoms with Crippen molar-refractivity contribution < 1.29 is 0 Å². The fourth-order valence-corrected chi connectivity index (χ4v) is 2.21. The van der Waals surface area contributed by atoms with Gasteiger partial charge in [-0.1, -0.05) is 11.3 Å². The summed E-state index contributed by atoms with van der Waals surface area (Å²) >= 11 is 1.47. The van der Waals surface area contributed by atoms with Gasteiger partial charge >= 0.3 is 0 Å². The minimum atomic E-state index is 0.583. The lowest BCUT2D eigenvalue weighted by Gasteiger charge is -1.94. The van der Waals surface area contributed by atoms with Crippen LogP contribution in [-0.4, -0.2) is 20.2 Å². The molecule has 0 aliphatic rings. The van der Waals surface area contributed by atoms with Gasteiger partial charge < -0.3 is 5.73 Å². The Balaban J connectivity index is 2.21. The number of benzene rings is 1. The maximum absolute atomic E-state index is 5.63. The number of nitrogens with one attached hydrogen (secondary N) is 1. The molecule has 3 aromatic rings. The normalized spacial score (nSPS) is 10.9. The topological polar surface area (TPSA) is 80.5 Å². The first-order chi connectivity index (χ1) is 7.33. The van der Waals surface area contributed by atoms with E-state index in [1.54, 1.807) is 0 Å². The van der Waals surface area contributed by atoms with Gasteiger partial charge in [-0.2, -0.15) is 5.10 Å². The Kier molecular flexibility index (Phi) is 1.69. The summed E-state index contributed by atoms with van der Waals surface area (Å²) in [6, 6.07) is 5.88. The molecule has 74 valence electrons. The summed E-state index contributed by atoms with van der Waals surface area (Å²) in [5.74, 6) is 0.754. The fraction of sp³-hybridized carbons (Fsp3) is 0. The lowest BCUT2D eigenvalue weighted by atomic mass is 10.2. The molecule has 0 atom stereocenters. The minimum absolute atomic E-state index is 0.583. The second-order valence-electron chi connectivity index (χ2n) is 3.07. The minimum Gasteiger partial charge on any atom is -0.375 e. The van der Waals surface area contributed by atoms with Crippen LogP contribution in [0.25, 0.3) is 21.6 Å². The summed E-state index contributed by atoms with van der Waals surface area (Å²) in [5, 5.41) is 7.21. The van der Waals surface area contributed by atoms with E-state index >= 15 is 0 Å². The number of hydrogen-bond donors (Lipinski definition) is 2. The third-order valence-corrected chi connectivity index (χ3v) is 2.94. The molecule has 0 aliphatic carbocycles. The van der Waals surface area contributed by atoms with Gasteiger partial charge in [0, 0.05) is 5.56 Å². The van der Waals surface area contributed by atoms with E-state index < -0.39 is 0 Å². The maximum Gasteiger partial charge on any atom is 0.181 e. The highest BCUT2D eigenvalue weighted by Crippen LogP contribution is 2.27. The van der Waals surface area contributed by atoms with Crippen molar-refractivity contribution in [1.82, 2.24) is 20.2 Å². The molecule has 2 aromatic heterocycles. The first-order valence-electron chi connectivity index (χ1n) is 4.35. The van der Waals surface area contributed by atoms with Gasteiger partial charge in [-0.15, -0.1) is 0 Å². The van der Waals surface area contributed by atoms with E-state index in [-0.39, 0.29) is 0 Å². The number of aromatic amines is 1. The van der Waals surface area contributed by atoms with Crippen LogP contribution in [0.1, 0.15) is 0 Å². The van der Waals surface area contributed by atoms with Crippen molar-refractivity contribution in [2.75, 3.05) is 5.73 Å². The molecule has 0 amide bonds. The van der Waals surface area contributed by atoms with Crippen molar-refractivity contribution in [3.63, 3.8) is 0 Å². The maximum atomic E-state index is 5.63. The first-order valence-corrected chi connectivity index (χ1v) is 5.16. The van der Waals surface area contributed by atoms with Crippen LogP contribution >= 0.6 is 11.3 Å². The van der Waals surface area contributed by atoms with Crippen LogP contribution in [0.15, 0.2) is 24.5 Å². The van der Waals surface area contributed by atoms with Gasteiger partial charge in [0.2, 0.25) is 0 Å². The highest BCUT2D eigenvalue weighted by Gasteiger charge is 2.05. The van der Waals surface area contributed by atoms with E-state index in [9.17, 15) is 0 Å². The first kappa shape index (κ1) is 8.37. The molecule has 0 saturated carbocycles. The molecule has 0 spiro atoms. The number of nitrogens with zero attached hydrogens (tertiary/aromatic N) is 3. The molecule has 0 unspecified atom stereocenters. The van der Waals surface area contributed by atoms with Crippen LogP contribution in [0.4, 0.5) is 5.13 Å². The van der Waals surface area contributed by atoms with Gasteiger partial charge in [0.1, 0.15) is 6.33 Å². The van der Waals surface area contributed by atoms with Crippen LogP contribution in [0.3, 0.4) is 0 Å². The van der Waals surface area contributed by atoms with E-state index in [2.05, 4.69) is 20.2 Å². The SMILES string of the molecule is Nc1nc2ccc(-c3ncn[nH]3)cc2s1. The van der Waals surface area contributed by atoms with Gasteiger partial charge in [-0.3, -0.25) is 5.10 Å². The summed E-state index contributed by atoms with van der Waals surface area (Å²) in [6.07, 6.45) is 1.49. The number of thiazole rings is 1. The molecular formula is C9H7N5S. The summed E-state index contributed by atoms with van der Waals surface area (Å²) < 4.78 is 1.06. The van der Waals surface area contributed by atoms with Crippen molar-refractivity contribution in [1.29, 1.82) is 0 Å². The summed E-state index contributed by atoms with van der Waals surface area (Å²) in [6.45, 7) is 0. The predicted molar refractivity (Wildman–Crippen MR) is 59.4 cm³/mol. The molecule has 2 heterocycles. The number of nitrogen functional groups attached to an aromatic ring is 1. The molecule has 3 rings (SSSR count). The molecule has 0 radical (unpaired) electrons. The zero-order chi connectivity index (χ0) is 10.3. The number of fused-ring (bicyclic) bond motifs is 1. The smallest absolute Gasteiger partial charge is 0.181 e. The van der Waals surface area contributed by atoms with E-state index in [4.69, 9.17) is 5.73 Å². The predicted octanol–water partition coefficient (Wildman–Crippen LogP) is 1.66. The molecule has 5 nitrogen and oxygen atoms in total. The van der Waals surface area contributed by atoms with Crippen molar-refractivity contribution in [3.05, 3.63) is 24.5 Å². The summed E-state index contributed by atoms with van der Waals surface area (Å²) in [7, 11) is 0. The lowest BCUT2D eigenvalue weighted by molar-refractivity contribution is 1.10. The van der Waals surface area contributed by atoms with E-state index in [0.29, 0.717) is 5.13 Å². The lowest BCUT2D eigenvalue weighted by Crippen LogP contribution is -1.80.